The third-order valence-electron chi connectivity index (χ3n) is 6.34. The third-order valence-corrected chi connectivity index (χ3v) is 6.34. The predicted octanol–water partition coefficient (Wildman–Crippen LogP) is 5.09. The van der Waals surface area contributed by atoms with Crippen molar-refractivity contribution in [1.82, 2.24) is 14.9 Å². The minimum Gasteiger partial charge on any atom is -0.303 e. The van der Waals surface area contributed by atoms with Gasteiger partial charge in [-0.15, -0.1) is 0 Å². The first-order valence-electron chi connectivity index (χ1n) is 10.8. The highest BCUT2D eigenvalue weighted by molar-refractivity contribution is 5.25. The molecule has 2 heterocycles. The fourth-order valence-electron chi connectivity index (χ4n) is 4.39. The van der Waals surface area contributed by atoms with E-state index in [2.05, 4.69) is 53.0 Å². The van der Waals surface area contributed by atoms with Gasteiger partial charge in [0.2, 0.25) is 0 Å². The van der Waals surface area contributed by atoms with Gasteiger partial charge < -0.3 is 4.90 Å². The molecule has 1 aromatic heterocycles. The summed E-state index contributed by atoms with van der Waals surface area (Å²) < 4.78 is 0. The number of nitrogens with zero attached hydrogens (tertiary/aromatic N) is 3. The average Bonchev–Trinajstić information content (AvgIpc) is 2.72. The van der Waals surface area contributed by atoms with Gasteiger partial charge in [0, 0.05) is 31.6 Å². The summed E-state index contributed by atoms with van der Waals surface area (Å²) in [5.41, 5.74) is 4.10. The Bertz CT molecular complexity index is 662. The van der Waals surface area contributed by atoms with Gasteiger partial charge >= 0.3 is 0 Å². The van der Waals surface area contributed by atoms with E-state index in [0.29, 0.717) is 0 Å². The summed E-state index contributed by atoms with van der Waals surface area (Å²) >= 11 is 0. The van der Waals surface area contributed by atoms with E-state index in [1.807, 2.05) is 6.20 Å². The Morgan fingerprint density at radius 1 is 1.11 bits per heavy atom. The summed E-state index contributed by atoms with van der Waals surface area (Å²) in [6, 6.07) is 8.87. The maximum absolute atomic E-state index is 4.39. The van der Waals surface area contributed by atoms with Crippen molar-refractivity contribution < 1.29 is 0 Å². The van der Waals surface area contributed by atoms with Gasteiger partial charge in [-0.25, -0.2) is 0 Å². The van der Waals surface area contributed by atoms with Crippen molar-refractivity contribution in [1.29, 1.82) is 0 Å². The molecule has 3 heteroatoms. The minimum atomic E-state index is 0.876. The summed E-state index contributed by atoms with van der Waals surface area (Å²) in [5, 5.41) is 0. The van der Waals surface area contributed by atoms with Crippen LogP contribution in [-0.2, 0) is 12.8 Å². The van der Waals surface area contributed by atoms with Crippen LogP contribution in [0, 0.1) is 18.8 Å². The molecule has 0 saturated carbocycles. The second-order valence-electron chi connectivity index (χ2n) is 8.21. The Hall–Kier alpha value is -1.74. The number of hydrogen-bond acceptors (Lipinski definition) is 3. The first-order chi connectivity index (χ1) is 13.2. The quantitative estimate of drug-likeness (QED) is 0.620. The second kappa shape index (κ2) is 10.6. The number of aromatic nitrogens is 2. The molecule has 1 fully saturated rings. The van der Waals surface area contributed by atoms with E-state index in [9.17, 15) is 0 Å². The van der Waals surface area contributed by atoms with E-state index in [0.717, 1.165) is 30.5 Å². The zero-order valence-electron chi connectivity index (χ0n) is 17.1. The summed E-state index contributed by atoms with van der Waals surface area (Å²) in [7, 11) is 0. The molecule has 1 saturated heterocycles. The van der Waals surface area contributed by atoms with Crippen molar-refractivity contribution >= 4 is 0 Å². The number of benzene rings is 1. The number of likely N-dealkylation sites (tertiary alicyclic amines) is 1. The van der Waals surface area contributed by atoms with Crippen LogP contribution in [0.4, 0.5) is 0 Å². The Morgan fingerprint density at radius 2 is 1.93 bits per heavy atom. The molecule has 146 valence electrons. The zero-order chi connectivity index (χ0) is 18.9. The first-order valence-corrected chi connectivity index (χ1v) is 10.8. The van der Waals surface area contributed by atoms with Crippen molar-refractivity contribution in [3.05, 3.63) is 59.7 Å². The maximum Gasteiger partial charge on any atom is 0.0599 e. The molecule has 0 N–H and O–H groups in total. The van der Waals surface area contributed by atoms with E-state index < -0.39 is 0 Å². The lowest BCUT2D eigenvalue weighted by atomic mass is 9.83. The van der Waals surface area contributed by atoms with Crippen LogP contribution < -0.4 is 0 Å². The Labute approximate surface area is 165 Å². The molecule has 3 nitrogen and oxygen atoms in total. The molecule has 2 aromatic rings. The molecule has 1 aliphatic heterocycles. The van der Waals surface area contributed by atoms with E-state index >= 15 is 0 Å². The second-order valence-corrected chi connectivity index (χ2v) is 8.21. The van der Waals surface area contributed by atoms with Gasteiger partial charge in [-0.05, 0) is 75.1 Å². The molecule has 0 spiro atoms. The molecule has 0 bridgehead atoms. The third kappa shape index (κ3) is 6.42. The normalized spacial score (nSPS) is 17.1. The Kier molecular flexibility index (Phi) is 7.82. The van der Waals surface area contributed by atoms with E-state index in [4.69, 9.17) is 0 Å². The summed E-state index contributed by atoms with van der Waals surface area (Å²) in [6.07, 6.45) is 14.5. The van der Waals surface area contributed by atoms with E-state index in [1.54, 1.807) is 12.4 Å². The average molecular weight is 366 g/mol. The minimum absolute atomic E-state index is 0.876. The zero-order valence-corrected chi connectivity index (χ0v) is 17.1. The van der Waals surface area contributed by atoms with Crippen LogP contribution in [0.15, 0.2) is 42.9 Å². The van der Waals surface area contributed by atoms with Gasteiger partial charge in [-0.2, -0.15) is 0 Å². The highest BCUT2D eigenvalue weighted by atomic mass is 15.1. The molecular formula is C24H35N3. The number of rotatable bonds is 9. The van der Waals surface area contributed by atoms with Crippen LogP contribution >= 0.6 is 0 Å². The molecule has 1 aromatic carbocycles. The lowest BCUT2D eigenvalue weighted by molar-refractivity contribution is 0.165. The van der Waals surface area contributed by atoms with Crippen molar-refractivity contribution in [2.45, 2.75) is 58.8 Å². The Balaban J connectivity index is 1.37. The molecule has 1 aliphatic rings. The van der Waals surface area contributed by atoms with Crippen LogP contribution in [0.3, 0.4) is 0 Å². The van der Waals surface area contributed by atoms with Crippen molar-refractivity contribution in [2.24, 2.45) is 11.8 Å². The summed E-state index contributed by atoms with van der Waals surface area (Å²) in [6.45, 7) is 8.24. The monoisotopic (exact) mass is 365 g/mol. The predicted molar refractivity (Wildman–Crippen MR) is 113 cm³/mol. The van der Waals surface area contributed by atoms with Crippen LogP contribution in [0.2, 0.25) is 0 Å². The molecule has 0 amide bonds. The topological polar surface area (TPSA) is 29.0 Å². The molecule has 1 unspecified atom stereocenters. The van der Waals surface area contributed by atoms with E-state index in [1.165, 1.54) is 62.7 Å². The van der Waals surface area contributed by atoms with Gasteiger partial charge in [-0.3, -0.25) is 9.97 Å². The van der Waals surface area contributed by atoms with Crippen molar-refractivity contribution in [3.63, 3.8) is 0 Å². The highest BCUT2D eigenvalue weighted by Crippen LogP contribution is 2.28. The van der Waals surface area contributed by atoms with Gasteiger partial charge in [0.1, 0.15) is 0 Å². The van der Waals surface area contributed by atoms with Crippen molar-refractivity contribution in [2.75, 3.05) is 19.6 Å². The van der Waals surface area contributed by atoms with Gasteiger partial charge in [-0.1, -0.05) is 37.6 Å². The molecule has 27 heavy (non-hydrogen) atoms. The molecule has 3 rings (SSSR count). The van der Waals surface area contributed by atoms with Gasteiger partial charge in [0.05, 0.1) is 5.69 Å². The van der Waals surface area contributed by atoms with E-state index in [-0.39, 0.29) is 0 Å². The molecule has 1 atom stereocenters. The lowest BCUT2D eigenvalue weighted by Crippen LogP contribution is -2.35. The van der Waals surface area contributed by atoms with Crippen LogP contribution in [0.5, 0.6) is 0 Å². The number of piperidine rings is 1. The maximum atomic E-state index is 4.39. The Morgan fingerprint density at radius 3 is 2.63 bits per heavy atom. The smallest absolute Gasteiger partial charge is 0.0599 e. The first kappa shape index (κ1) is 20.0. The van der Waals surface area contributed by atoms with Crippen LogP contribution in [0.1, 0.15) is 55.8 Å². The van der Waals surface area contributed by atoms with Gasteiger partial charge in [0.15, 0.2) is 0 Å². The molecule has 0 aliphatic carbocycles. The number of aryl methyl sites for hydroxylation is 2. The van der Waals surface area contributed by atoms with Gasteiger partial charge in [0.25, 0.3) is 0 Å². The molecular weight excluding hydrogens is 330 g/mol. The largest absolute Gasteiger partial charge is 0.303 e. The highest BCUT2D eigenvalue weighted by Gasteiger charge is 2.22. The fraction of sp³-hybridized carbons (Fsp3) is 0.583. The number of hydrogen-bond donors (Lipinski definition) is 0. The summed E-state index contributed by atoms with van der Waals surface area (Å²) in [5.74, 6) is 1.79. The summed E-state index contributed by atoms with van der Waals surface area (Å²) in [4.78, 5) is 11.2. The van der Waals surface area contributed by atoms with Crippen LogP contribution in [-0.4, -0.2) is 34.5 Å². The standard InChI is InChI=1S/C24H35N3/c1-3-21(8-9-23-7-5-4-6-20(23)2)18-22-10-15-27(16-11-22)17-12-24-19-25-13-14-26-24/h4-7,13-14,19,21-22H,3,8-12,15-18H2,1-2H3. The van der Waals surface area contributed by atoms with Crippen LogP contribution in [0.25, 0.3) is 0 Å². The van der Waals surface area contributed by atoms with Crippen molar-refractivity contribution in [3.8, 4) is 0 Å². The fourth-order valence-corrected chi connectivity index (χ4v) is 4.39. The lowest BCUT2D eigenvalue weighted by Gasteiger charge is -2.33. The molecule has 0 radical (unpaired) electrons. The SMILES string of the molecule is CCC(CCc1ccccc1C)CC1CCN(CCc2cnccn2)CC1.